The van der Waals surface area contributed by atoms with Crippen LogP contribution in [0, 0.1) is 6.92 Å². The van der Waals surface area contributed by atoms with Crippen molar-refractivity contribution < 1.29 is 19.2 Å². The Morgan fingerprint density at radius 2 is 2.05 bits per heavy atom. The van der Waals surface area contributed by atoms with Gasteiger partial charge in [-0.2, -0.15) is 0 Å². The molecule has 116 valence electrons. The number of hydrogen-bond acceptors (Lipinski definition) is 4. The van der Waals surface area contributed by atoms with Crippen molar-refractivity contribution in [1.29, 1.82) is 0 Å². The van der Waals surface area contributed by atoms with Crippen molar-refractivity contribution in [2.45, 2.75) is 13.3 Å². The summed E-state index contributed by atoms with van der Waals surface area (Å²) in [4.78, 5) is 24.5. The lowest BCUT2D eigenvalue weighted by Crippen LogP contribution is -2.29. The van der Waals surface area contributed by atoms with E-state index in [0.29, 0.717) is 27.6 Å². The highest BCUT2D eigenvalue weighted by Crippen LogP contribution is 2.31. The smallest absolute Gasteiger partial charge is 0.305 e. The molecule has 0 aliphatic heterocycles. The second kappa shape index (κ2) is 6.62. The summed E-state index contributed by atoms with van der Waals surface area (Å²) >= 11 is 6.14. The first-order valence-electron chi connectivity index (χ1n) is 6.60. The maximum atomic E-state index is 12.5. The first-order valence-corrected chi connectivity index (χ1v) is 6.98. The largest absolute Gasteiger partial charge is 0.481 e. The highest BCUT2D eigenvalue weighted by Gasteiger charge is 2.25. The molecule has 0 atom stereocenters. The van der Waals surface area contributed by atoms with Crippen LogP contribution in [0.4, 0.5) is 0 Å². The van der Waals surface area contributed by atoms with Crippen LogP contribution in [-0.2, 0) is 4.79 Å². The van der Waals surface area contributed by atoms with Crippen LogP contribution in [0.2, 0.25) is 5.02 Å². The Bertz CT molecular complexity index is 711. The van der Waals surface area contributed by atoms with Crippen LogP contribution in [0.3, 0.4) is 0 Å². The number of nitrogens with zero attached hydrogens (tertiary/aromatic N) is 2. The molecule has 22 heavy (non-hydrogen) atoms. The molecule has 1 aromatic heterocycles. The van der Waals surface area contributed by atoms with Gasteiger partial charge in [-0.1, -0.05) is 35.0 Å². The van der Waals surface area contributed by atoms with E-state index in [-0.39, 0.29) is 18.9 Å². The molecule has 1 N–H and O–H groups in total. The number of aromatic nitrogens is 1. The van der Waals surface area contributed by atoms with Gasteiger partial charge in [0.2, 0.25) is 0 Å². The monoisotopic (exact) mass is 322 g/mol. The third-order valence-electron chi connectivity index (χ3n) is 3.21. The third-order valence-corrected chi connectivity index (χ3v) is 3.54. The average molecular weight is 323 g/mol. The summed E-state index contributed by atoms with van der Waals surface area (Å²) in [5.74, 6) is -0.954. The van der Waals surface area contributed by atoms with Crippen molar-refractivity contribution in [3.63, 3.8) is 0 Å². The molecule has 0 aliphatic rings. The van der Waals surface area contributed by atoms with Gasteiger partial charge in [0.05, 0.1) is 11.4 Å². The summed E-state index contributed by atoms with van der Waals surface area (Å²) in [5, 5.41) is 13.1. The Hall–Kier alpha value is -2.34. The van der Waals surface area contributed by atoms with Crippen LogP contribution in [0.25, 0.3) is 11.3 Å². The molecule has 2 aromatic rings. The average Bonchev–Trinajstić information content (AvgIpc) is 2.86. The van der Waals surface area contributed by atoms with Gasteiger partial charge in [-0.25, -0.2) is 0 Å². The minimum absolute atomic E-state index is 0.0980. The first-order chi connectivity index (χ1) is 10.4. The molecule has 1 heterocycles. The lowest BCUT2D eigenvalue weighted by Gasteiger charge is -2.16. The molecule has 2 rings (SSSR count). The van der Waals surface area contributed by atoms with Gasteiger partial charge < -0.3 is 14.5 Å². The molecule has 0 bridgehead atoms. The van der Waals surface area contributed by atoms with Crippen molar-refractivity contribution in [2.24, 2.45) is 0 Å². The van der Waals surface area contributed by atoms with Gasteiger partial charge in [0.25, 0.3) is 5.91 Å². The fraction of sp³-hybridized carbons (Fsp3) is 0.267. The maximum absolute atomic E-state index is 12.5. The summed E-state index contributed by atoms with van der Waals surface area (Å²) < 4.78 is 5.13. The number of carboxylic acids is 1. The standard InChI is InChI=1S/C15H15ClN2O4/c1-9-13(15(21)18(2)8-7-12(19)20)14(17-22-9)10-5-3-4-6-11(10)16/h3-6H,7-8H2,1-2H3,(H,19,20). The Kier molecular flexibility index (Phi) is 4.82. The number of halogens is 1. The van der Waals surface area contributed by atoms with Crippen molar-refractivity contribution in [3.05, 3.63) is 40.6 Å². The third kappa shape index (κ3) is 3.28. The molecule has 0 aliphatic carbocycles. The van der Waals surface area contributed by atoms with Gasteiger partial charge >= 0.3 is 5.97 Å². The van der Waals surface area contributed by atoms with E-state index >= 15 is 0 Å². The SMILES string of the molecule is Cc1onc(-c2ccccc2Cl)c1C(=O)N(C)CCC(=O)O. The lowest BCUT2D eigenvalue weighted by molar-refractivity contribution is -0.137. The van der Waals surface area contributed by atoms with E-state index in [4.69, 9.17) is 21.2 Å². The van der Waals surface area contributed by atoms with Crippen LogP contribution in [-0.4, -0.2) is 40.6 Å². The quantitative estimate of drug-likeness (QED) is 0.915. The van der Waals surface area contributed by atoms with Crippen LogP contribution in [0.5, 0.6) is 0 Å². The molecule has 0 fully saturated rings. The Morgan fingerprint density at radius 1 is 1.36 bits per heavy atom. The van der Waals surface area contributed by atoms with Crippen molar-refractivity contribution in [2.75, 3.05) is 13.6 Å². The summed E-state index contributed by atoms with van der Waals surface area (Å²) in [5.41, 5.74) is 1.24. The zero-order chi connectivity index (χ0) is 16.3. The number of aliphatic carboxylic acids is 1. The number of aryl methyl sites for hydroxylation is 1. The fourth-order valence-electron chi connectivity index (χ4n) is 2.02. The maximum Gasteiger partial charge on any atom is 0.305 e. The lowest BCUT2D eigenvalue weighted by atomic mass is 10.1. The van der Waals surface area contributed by atoms with E-state index in [1.807, 2.05) is 0 Å². The normalized spacial score (nSPS) is 10.5. The first kappa shape index (κ1) is 16.0. The molecule has 0 saturated heterocycles. The molecule has 1 amide bonds. The van der Waals surface area contributed by atoms with Crippen LogP contribution in [0.15, 0.2) is 28.8 Å². The zero-order valence-corrected chi connectivity index (χ0v) is 12.9. The number of carboxylic acid groups (broad SMARTS) is 1. The van der Waals surface area contributed by atoms with E-state index in [1.165, 1.54) is 11.9 Å². The van der Waals surface area contributed by atoms with Crippen LogP contribution >= 0.6 is 11.6 Å². The van der Waals surface area contributed by atoms with E-state index < -0.39 is 5.97 Å². The Labute approximate surface area is 132 Å². The number of rotatable bonds is 5. The van der Waals surface area contributed by atoms with E-state index in [0.717, 1.165) is 0 Å². The molecular weight excluding hydrogens is 308 g/mol. The van der Waals surface area contributed by atoms with Crippen LogP contribution < -0.4 is 0 Å². The van der Waals surface area contributed by atoms with Gasteiger partial charge in [-0.05, 0) is 13.0 Å². The van der Waals surface area contributed by atoms with Crippen LogP contribution in [0.1, 0.15) is 22.5 Å². The topological polar surface area (TPSA) is 83.6 Å². The van der Waals surface area contributed by atoms with Crippen molar-refractivity contribution in [1.82, 2.24) is 10.1 Å². The number of carbonyl (C=O) groups excluding carboxylic acids is 1. The number of amides is 1. The zero-order valence-electron chi connectivity index (χ0n) is 12.2. The van der Waals surface area contributed by atoms with E-state index in [2.05, 4.69) is 5.16 Å². The Balaban J connectivity index is 2.36. The summed E-state index contributed by atoms with van der Waals surface area (Å²) in [6, 6.07) is 7.00. The summed E-state index contributed by atoms with van der Waals surface area (Å²) in [7, 11) is 1.54. The minimum atomic E-state index is -0.965. The van der Waals surface area contributed by atoms with Gasteiger partial charge in [0.1, 0.15) is 17.0 Å². The van der Waals surface area contributed by atoms with Crippen molar-refractivity contribution in [3.8, 4) is 11.3 Å². The molecule has 0 saturated carbocycles. The number of carbonyl (C=O) groups is 2. The summed E-state index contributed by atoms with van der Waals surface area (Å²) in [6.07, 6.45) is -0.131. The van der Waals surface area contributed by atoms with Gasteiger partial charge in [-0.15, -0.1) is 0 Å². The number of benzene rings is 1. The van der Waals surface area contributed by atoms with Crippen molar-refractivity contribution >= 4 is 23.5 Å². The number of hydrogen-bond donors (Lipinski definition) is 1. The molecule has 1 aromatic carbocycles. The summed E-state index contributed by atoms with van der Waals surface area (Å²) in [6.45, 7) is 1.73. The highest BCUT2D eigenvalue weighted by molar-refractivity contribution is 6.33. The predicted molar refractivity (Wildman–Crippen MR) is 80.9 cm³/mol. The molecule has 6 nitrogen and oxygen atoms in total. The second-order valence-electron chi connectivity index (χ2n) is 4.81. The van der Waals surface area contributed by atoms with Gasteiger partial charge in [0.15, 0.2) is 0 Å². The van der Waals surface area contributed by atoms with Gasteiger partial charge in [0, 0.05) is 19.2 Å². The van der Waals surface area contributed by atoms with E-state index in [1.54, 1.807) is 31.2 Å². The molecule has 0 radical (unpaired) electrons. The fourth-order valence-corrected chi connectivity index (χ4v) is 2.24. The molecular formula is C15H15ClN2O4. The molecule has 0 spiro atoms. The minimum Gasteiger partial charge on any atom is -0.481 e. The second-order valence-corrected chi connectivity index (χ2v) is 5.22. The Morgan fingerprint density at radius 3 is 2.68 bits per heavy atom. The molecule has 7 heteroatoms. The molecule has 0 unspecified atom stereocenters. The predicted octanol–water partition coefficient (Wildman–Crippen LogP) is 2.85. The van der Waals surface area contributed by atoms with E-state index in [9.17, 15) is 9.59 Å². The van der Waals surface area contributed by atoms with Gasteiger partial charge in [-0.3, -0.25) is 9.59 Å². The highest BCUT2D eigenvalue weighted by atomic mass is 35.5.